The average molecular weight is 373 g/mol. The summed E-state index contributed by atoms with van der Waals surface area (Å²) in [4.78, 5) is 34.2. The normalized spacial score (nSPS) is 11.0. The predicted octanol–water partition coefficient (Wildman–Crippen LogP) is 1.25. The Morgan fingerprint density at radius 2 is 1.42 bits per heavy atom. The molecule has 0 radical (unpaired) electrons. The number of hydrogen-bond donors (Lipinski definition) is 1. The molecule has 0 aromatic heterocycles. The summed E-state index contributed by atoms with van der Waals surface area (Å²) in [5, 5.41) is 2.00. The van der Waals surface area contributed by atoms with E-state index < -0.39 is 71.4 Å². The van der Waals surface area contributed by atoms with Crippen LogP contribution in [0, 0.1) is 59.7 Å². The first-order valence-corrected chi connectivity index (χ1v) is 6.61. The molecule has 0 bridgehead atoms. The van der Waals surface area contributed by atoms with E-state index in [1.807, 2.05) is 5.32 Å². The summed E-state index contributed by atoms with van der Waals surface area (Å²) < 4.78 is 70.4. The van der Waals surface area contributed by atoms with E-state index in [1.54, 1.807) is 11.8 Å². The summed E-state index contributed by atoms with van der Waals surface area (Å²) in [7, 11) is 0. The zero-order valence-electron chi connectivity index (χ0n) is 12.7. The number of terminal acetylenes is 2. The molecule has 0 aliphatic carbocycles. The molecule has 0 saturated heterocycles. The first kappa shape index (κ1) is 20.6. The monoisotopic (exact) mass is 373 g/mol. The SMILES string of the molecule is C#CC(=O)CC(CNC(=O)C#C)C(=O)Oc1c(F)c(F)c(F)c(F)c1F. The molecule has 0 aliphatic heterocycles. The standard InChI is InChI=1S/C16H8F5NO4/c1-3-8(23)5-7(6-22-9(24)4-2)16(25)26-15-13(20)11(18)10(17)12(19)14(15)21/h1-2,7H,5-6H2,(H,22,24). The van der Waals surface area contributed by atoms with Gasteiger partial charge in [0.15, 0.2) is 0 Å². The van der Waals surface area contributed by atoms with Crippen LogP contribution in [0.25, 0.3) is 0 Å². The lowest BCUT2D eigenvalue weighted by atomic mass is 10.0. The minimum Gasteiger partial charge on any atom is -0.420 e. The largest absolute Gasteiger partial charge is 0.420 e. The molecule has 1 N–H and O–H groups in total. The van der Waals surface area contributed by atoms with E-state index in [2.05, 4.69) is 4.74 Å². The van der Waals surface area contributed by atoms with Crippen LogP contribution < -0.4 is 10.1 Å². The molecule has 1 atom stereocenters. The van der Waals surface area contributed by atoms with E-state index in [0.717, 1.165) is 0 Å². The maximum atomic E-state index is 13.5. The van der Waals surface area contributed by atoms with Gasteiger partial charge in [0.1, 0.15) is 0 Å². The third kappa shape index (κ3) is 4.57. The fraction of sp³-hybridized carbons (Fsp3) is 0.188. The number of rotatable bonds is 6. The smallest absolute Gasteiger partial charge is 0.316 e. The Hall–Kier alpha value is -3.40. The number of esters is 1. The van der Waals surface area contributed by atoms with Crippen LogP contribution in [0.1, 0.15) is 6.42 Å². The number of ketones is 1. The number of hydrogen-bond acceptors (Lipinski definition) is 4. The number of carbonyl (C=O) groups is 3. The molecule has 10 heteroatoms. The molecule has 0 heterocycles. The van der Waals surface area contributed by atoms with Crippen LogP contribution in [0.2, 0.25) is 0 Å². The van der Waals surface area contributed by atoms with Crippen molar-refractivity contribution < 1.29 is 41.1 Å². The van der Waals surface area contributed by atoms with E-state index in [0.29, 0.717) is 0 Å². The third-order valence-corrected chi connectivity index (χ3v) is 2.94. The van der Waals surface area contributed by atoms with E-state index in [9.17, 15) is 36.3 Å². The molecule has 1 aromatic rings. The average Bonchev–Trinajstić information content (AvgIpc) is 2.64. The van der Waals surface area contributed by atoms with E-state index in [-0.39, 0.29) is 0 Å². The number of carbonyl (C=O) groups excluding carboxylic acids is 3. The first-order chi connectivity index (χ1) is 12.1. The highest BCUT2D eigenvalue weighted by Crippen LogP contribution is 2.29. The lowest BCUT2D eigenvalue weighted by Gasteiger charge is -2.15. The molecule has 26 heavy (non-hydrogen) atoms. The van der Waals surface area contributed by atoms with Crippen molar-refractivity contribution in [2.24, 2.45) is 5.92 Å². The number of halogens is 5. The van der Waals surface area contributed by atoms with Gasteiger partial charge in [0, 0.05) is 13.0 Å². The summed E-state index contributed by atoms with van der Waals surface area (Å²) in [5.41, 5.74) is 0. The minimum absolute atomic E-state index is 0.634. The highest BCUT2D eigenvalue weighted by molar-refractivity contribution is 5.97. The molecule has 1 unspecified atom stereocenters. The zero-order valence-corrected chi connectivity index (χ0v) is 12.7. The van der Waals surface area contributed by atoms with Gasteiger partial charge in [-0.2, -0.15) is 8.78 Å². The van der Waals surface area contributed by atoms with Gasteiger partial charge in [-0.15, -0.1) is 12.8 Å². The van der Waals surface area contributed by atoms with E-state index in [1.165, 1.54) is 0 Å². The van der Waals surface area contributed by atoms with Gasteiger partial charge >= 0.3 is 5.97 Å². The molecule has 1 amide bonds. The van der Waals surface area contributed by atoms with Crippen molar-refractivity contribution >= 4 is 17.7 Å². The molecule has 1 aromatic carbocycles. The Bertz CT molecular complexity index is 825. The van der Waals surface area contributed by atoms with Crippen LogP contribution in [0.5, 0.6) is 5.75 Å². The molecule has 5 nitrogen and oxygen atoms in total. The first-order valence-electron chi connectivity index (χ1n) is 6.61. The van der Waals surface area contributed by atoms with Crippen molar-refractivity contribution in [3.63, 3.8) is 0 Å². The number of ether oxygens (including phenoxy) is 1. The lowest BCUT2D eigenvalue weighted by Crippen LogP contribution is -2.35. The molecule has 0 fully saturated rings. The Morgan fingerprint density at radius 3 is 1.88 bits per heavy atom. The second-order valence-corrected chi connectivity index (χ2v) is 4.64. The third-order valence-electron chi connectivity index (χ3n) is 2.94. The highest BCUT2D eigenvalue weighted by atomic mass is 19.2. The van der Waals surface area contributed by atoms with Gasteiger partial charge < -0.3 is 10.1 Å². The predicted molar refractivity (Wildman–Crippen MR) is 75.7 cm³/mol. The van der Waals surface area contributed by atoms with Gasteiger partial charge in [0.05, 0.1) is 5.92 Å². The lowest BCUT2D eigenvalue weighted by molar-refractivity contribution is -0.141. The van der Waals surface area contributed by atoms with Crippen molar-refractivity contribution in [1.82, 2.24) is 5.32 Å². The van der Waals surface area contributed by atoms with Crippen LogP contribution in [0.15, 0.2) is 0 Å². The molecular formula is C16H8F5NO4. The summed E-state index contributed by atoms with van der Waals surface area (Å²) in [6, 6.07) is 0. The summed E-state index contributed by atoms with van der Waals surface area (Å²) in [6.45, 7) is -0.634. The van der Waals surface area contributed by atoms with Crippen molar-refractivity contribution in [3.05, 3.63) is 29.1 Å². The molecule has 0 aliphatic rings. The second-order valence-electron chi connectivity index (χ2n) is 4.64. The quantitative estimate of drug-likeness (QED) is 0.155. The molecule has 0 spiro atoms. The van der Waals surface area contributed by atoms with E-state index in [4.69, 9.17) is 12.8 Å². The summed E-state index contributed by atoms with van der Waals surface area (Å²) >= 11 is 0. The van der Waals surface area contributed by atoms with Gasteiger partial charge in [-0.25, -0.2) is 13.2 Å². The van der Waals surface area contributed by atoms with Gasteiger partial charge in [0.2, 0.25) is 40.6 Å². The Labute approximate surface area is 143 Å². The Balaban J connectivity index is 3.14. The van der Waals surface area contributed by atoms with Gasteiger partial charge in [-0.3, -0.25) is 14.4 Å². The van der Waals surface area contributed by atoms with Crippen molar-refractivity contribution in [1.29, 1.82) is 0 Å². The Morgan fingerprint density at radius 1 is 0.923 bits per heavy atom. The topological polar surface area (TPSA) is 72.5 Å². The van der Waals surface area contributed by atoms with E-state index >= 15 is 0 Å². The van der Waals surface area contributed by atoms with Gasteiger partial charge in [0.25, 0.3) is 5.91 Å². The number of amides is 1. The van der Waals surface area contributed by atoms with Crippen LogP contribution in [0.3, 0.4) is 0 Å². The molecule has 0 saturated carbocycles. The maximum absolute atomic E-state index is 13.5. The molecule has 136 valence electrons. The molecular weight excluding hydrogens is 365 g/mol. The van der Waals surface area contributed by atoms with Crippen molar-refractivity contribution in [2.75, 3.05) is 6.54 Å². The fourth-order valence-corrected chi connectivity index (χ4v) is 1.65. The zero-order chi connectivity index (χ0) is 20.0. The Kier molecular flexibility index (Phi) is 6.85. The van der Waals surface area contributed by atoms with Gasteiger partial charge in [-0.05, 0) is 11.8 Å². The summed E-state index contributed by atoms with van der Waals surface area (Å²) in [6.07, 6.45) is 8.86. The van der Waals surface area contributed by atoms with Crippen LogP contribution in [-0.4, -0.2) is 24.2 Å². The maximum Gasteiger partial charge on any atom is 0.316 e. The number of benzene rings is 1. The fourth-order valence-electron chi connectivity index (χ4n) is 1.65. The second kappa shape index (κ2) is 8.62. The minimum atomic E-state index is -2.44. The van der Waals surface area contributed by atoms with Gasteiger partial charge in [-0.1, -0.05) is 0 Å². The molecule has 1 rings (SSSR count). The van der Waals surface area contributed by atoms with Crippen LogP contribution >= 0.6 is 0 Å². The van der Waals surface area contributed by atoms with Crippen LogP contribution in [0.4, 0.5) is 22.0 Å². The van der Waals surface area contributed by atoms with Crippen LogP contribution in [-0.2, 0) is 14.4 Å². The summed E-state index contributed by atoms with van der Waals surface area (Å²) in [5.74, 6) is -15.6. The highest BCUT2D eigenvalue weighted by Gasteiger charge is 2.31. The number of Topliss-reactive ketones (excluding diaryl/α,β-unsaturated/α-hetero) is 1. The van der Waals surface area contributed by atoms with Crippen molar-refractivity contribution in [2.45, 2.75) is 6.42 Å². The van der Waals surface area contributed by atoms with Crippen molar-refractivity contribution in [3.8, 4) is 30.4 Å². The number of nitrogens with one attached hydrogen (secondary N) is 1.